The summed E-state index contributed by atoms with van der Waals surface area (Å²) in [4.78, 5) is 6.66. The first-order chi connectivity index (χ1) is 9.69. The SMILES string of the molecule is COc1ccc(CNCC2CN(C(C)C)CCO2)cn1. The second-order valence-electron chi connectivity index (χ2n) is 5.42. The van der Waals surface area contributed by atoms with E-state index in [0.717, 1.165) is 38.3 Å². The van der Waals surface area contributed by atoms with Gasteiger partial charge in [-0.1, -0.05) is 6.07 Å². The van der Waals surface area contributed by atoms with Crippen LogP contribution in [-0.2, 0) is 11.3 Å². The van der Waals surface area contributed by atoms with Crippen LogP contribution < -0.4 is 10.1 Å². The third-order valence-electron chi connectivity index (χ3n) is 3.61. The van der Waals surface area contributed by atoms with Crippen LogP contribution in [-0.4, -0.2) is 55.4 Å². The fraction of sp³-hybridized carbons (Fsp3) is 0.667. The lowest BCUT2D eigenvalue weighted by molar-refractivity contribution is -0.0372. The monoisotopic (exact) mass is 279 g/mol. The Labute approximate surface area is 121 Å². The van der Waals surface area contributed by atoms with Crippen LogP contribution in [0.1, 0.15) is 19.4 Å². The Balaban J connectivity index is 1.72. The van der Waals surface area contributed by atoms with E-state index in [1.807, 2.05) is 18.3 Å². The number of ether oxygens (including phenoxy) is 2. The summed E-state index contributed by atoms with van der Waals surface area (Å²) in [6.45, 7) is 9.02. The van der Waals surface area contributed by atoms with Gasteiger partial charge in [0.15, 0.2) is 0 Å². The largest absolute Gasteiger partial charge is 0.481 e. The number of methoxy groups -OCH3 is 1. The van der Waals surface area contributed by atoms with Crippen molar-refractivity contribution < 1.29 is 9.47 Å². The highest BCUT2D eigenvalue weighted by atomic mass is 16.5. The smallest absolute Gasteiger partial charge is 0.212 e. The van der Waals surface area contributed by atoms with Crippen LogP contribution in [0, 0.1) is 0 Å². The molecule has 5 nitrogen and oxygen atoms in total. The van der Waals surface area contributed by atoms with Gasteiger partial charge >= 0.3 is 0 Å². The van der Waals surface area contributed by atoms with Gasteiger partial charge in [0.2, 0.25) is 5.88 Å². The first-order valence-electron chi connectivity index (χ1n) is 7.24. The number of pyridine rings is 1. The maximum atomic E-state index is 5.79. The predicted molar refractivity (Wildman–Crippen MR) is 78.9 cm³/mol. The first-order valence-corrected chi connectivity index (χ1v) is 7.24. The molecule has 2 heterocycles. The fourth-order valence-corrected chi connectivity index (χ4v) is 2.35. The summed E-state index contributed by atoms with van der Waals surface area (Å²) >= 11 is 0. The molecule has 1 saturated heterocycles. The second-order valence-corrected chi connectivity index (χ2v) is 5.42. The topological polar surface area (TPSA) is 46.6 Å². The summed E-state index contributed by atoms with van der Waals surface area (Å²) in [5.41, 5.74) is 1.15. The van der Waals surface area contributed by atoms with Gasteiger partial charge in [-0.2, -0.15) is 0 Å². The zero-order chi connectivity index (χ0) is 14.4. The summed E-state index contributed by atoms with van der Waals surface area (Å²) < 4.78 is 10.8. The van der Waals surface area contributed by atoms with E-state index in [-0.39, 0.29) is 6.10 Å². The average molecular weight is 279 g/mol. The zero-order valence-corrected chi connectivity index (χ0v) is 12.6. The molecule has 1 unspecified atom stereocenters. The molecule has 1 aromatic heterocycles. The standard InChI is InChI=1S/C15H25N3O2/c1-12(2)18-6-7-20-14(11-18)10-16-8-13-4-5-15(19-3)17-9-13/h4-5,9,12,14,16H,6-8,10-11H2,1-3H3. The van der Waals surface area contributed by atoms with Crippen LogP contribution in [0.15, 0.2) is 18.3 Å². The van der Waals surface area contributed by atoms with Gasteiger partial charge in [-0.15, -0.1) is 0 Å². The summed E-state index contributed by atoms with van der Waals surface area (Å²) in [5.74, 6) is 0.650. The highest BCUT2D eigenvalue weighted by Gasteiger charge is 2.21. The fourth-order valence-electron chi connectivity index (χ4n) is 2.35. The molecule has 1 aromatic rings. The first kappa shape index (κ1) is 15.2. The molecule has 0 bridgehead atoms. The van der Waals surface area contributed by atoms with Crippen molar-refractivity contribution >= 4 is 0 Å². The van der Waals surface area contributed by atoms with Crippen LogP contribution >= 0.6 is 0 Å². The number of hydrogen-bond donors (Lipinski definition) is 1. The molecule has 1 fully saturated rings. The van der Waals surface area contributed by atoms with Crippen molar-refractivity contribution in [3.05, 3.63) is 23.9 Å². The maximum Gasteiger partial charge on any atom is 0.212 e. The van der Waals surface area contributed by atoms with E-state index >= 15 is 0 Å². The van der Waals surface area contributed by atoms with E-state index in [1.165, 1.54) is 0 Å². The molecule has 1 atom stereocenters. The molecule has 0 aliphatic carbocycles. The maximum absolute atomic E-state index is 5.79. The van der Waals surface area contributed by atoms with E-state index in [9.17, 15) is 0 Å². The number of hydrogen-bond acceptors (Lipinski definition) is 5. The molecule has 0 aromatic carbocycles. The Bertz CT molecular complexity index is 395. The van der Waals surface area contributed by atoms with Crippen molar-refractivity contribution in [3.63, 3.8) is 0 Å². The summed E-state index contributed by atoms with van der Waals surface area (Å²) in [6, 6.07) is 4.50. The van der Waals surface area contributed by atoms with Gasteiger partial charge in [-0.3, -0.25) is 4.90 Å². The molecular formula is C15H25N3O2. The van der Waals surface area contributed by atoms with E-state index in [0.29, 0.717) is 11.9 Å². The Morgan fingerprint density at radius 1 is 1.50 bits per heavy atom. The Kier molecular flexibility index (Phi) is 5.76. The van der Waals surface area contributed by atoms with Crippen molar-refractivity contribution in [2.75, 3.05) is 33.4 Å². The molecule has 0 amide bonds. The lowest BCUT2D eigenvalue weighted by Crippen LogP contribution is -2.48. The number of rotatable bonds is 6. The van der Waals surface area contributed by atoms with Crippen LogP contribution in [0.5, 0.6) is 5.88 Å². The van der Waals surface area contributed by atoms with Gasteiger partial charge in [-0.25, -0.2) is 4.98 Å². The van der Waals surface area contributed by atoms with E-state index in [1.54, 1.807) is 7.11 Å². The molecule has 0 radical (unpaired) electrons. The zero-order valence-electron chi connectivity index (χ0n) is 12.6. The Morgan fingerprint density at radius 3 is 3.00 bits per heavy atom. The second kappa shape index (κ2) is 7.57. The Hall–Kier alpha value is -1.17. The third kappa shape index (κ3) is 4.44. The summed E-state index contributed by atoms with van der Waals surface area (Å²) in [6.07, 6.45) is 2.12. The minimum Gasteiger partial charge on any atom is -0.481 e. The number of morpholine rings is 1. The quantitative estimate of drug-likeness (QED) is 0.850. The van der Waals surface area contributed by atoms with Gasteiger partial charge < -0.3 is 14.8 Å². The summed E-state index contributed by atoms with van der Waals surface area (Å²) in [5, 5.41) is 3.44. The van der Waals surface area contributed by atoms with Gasteiger partial charge in [0.25, 0.3) is 0 Å². The number of aromatic nitrogens is 1. The molecular weight excluding hydrogens is 254 g/mol. The third-order valence-corrected chi connectivity index (χ3v) is 3.61. The lowest BCUT2D eigenvalue weighted by Gasteiger charge is -2.35. The molecule has 0 spiro atoms. The van der Waals surface area contributed by atoms with Crippen LogP contribution in [0.25, 0.3) is 0 Å². The summed E-state index contributed by atoms with van der Waals surface area (Å²) in [7, 11) is 1.63. The molecule has 0 saturated carbocycles. The molecule has 2 rings (SSSR count). The van der Waals surface area contributed by atoms with E-state index < -0.39 is 0 Å². The lowest BCUT2D eigenvalue weighted by atomic mass is 10.2. The van der Waals surface area contributed by atoms with Crippen molar-refractivity contribution in [2.24, 2.45) is 0 Å². The van der Waals surface area contributed by atoms with E-state index in [2.05, 4.69) is 29.0 Å². The van der Waals surface area contributed by atoms with Crippen LogP contribution in [0.3, 0.4) is 0 Å². The molecule has 20 heavy (non-hydrogen) atoms. The van der Waals surface area contributed by atoms with E-state index in [4.69, 9.17) is 9.47 Å². The predicted octanol–water partition coefficient (Wildman–Crippen LogP) is 1.29. The van der Waals surface area contributed by atoms with Gasteiger partial charge in [0, 0.05) is 44.5 Å². The highest BCUT2D eigenvalue weighted by Crippen LogP contribution is 2.09. The van der Waals surface area contributed by atoms with Crippen LogP contribution in [0.4, 0.5) is 0 Å². The van der Waals surface area contributed by atoms with Crippen molar-refractivity contribution in [2.45, 2.75) is 32.5 Å². The molecule has 1 N–H and O–H groups in total. The van der Waals surface area contributed by atoms with Gasteiger partial charge in [0.05, 0.1) is 19.8 Å². The minimum absolute atomic E-state index is 0.275. The highest BCUT2D eigenvalue weighted by molar-refractivity contribution is 5.17. The average Bonchev–Trinajstić information content (AvgIpc) is 2.48. The normalized spacial score (nSPS) is 20.3. The number of nitrogens with zero attached hydrogens (tertiary/aromatic N) is 2. The van der Waals surface area contributed by atoms with Crippen molar-refractivity contribution in [3.8, 4) is 5.88 Å². The van der Waals surface area contributed by atoms with Crippen LogP contribution in [0.2, 0.25) is 0 Å². The number of nitrogens with one attached hydrogen (secondary N) is 1. The van der Waals surface area contributed by atoms with Gasteiger partial charge in [0.1, 0.15) is 0 Å². The van der Waals surface area contributed by atoms with Crippen molar-refractivity contribution in [1.29, 1.82) is 0 Å². The molecule has 1 aliphatic heterocycles. The Morgan fingerprint density at radius 2 is 2.35 bits per heavy atom. The van der Waals surface area contributed by atoms with Crippen molar-refractivity contribution in [1.82, 2.24) is 15.2 Å². The molecule has 112 valence electrons. The molecule has 5 heteroatoms. The van der Waals surface area contributed by atoms with Gasteiger partial charge in [-0.05, 0) is 19.4 Å². The molecule has 1 aliphatic rings. The minimum atomic E-state index is 0.275.